The number of hydrogen-bond acceptors (Lipinski definition) is 5. The van der Waals surface area contributed by atoms with Crippen LogP contribution in [-0.2, 0) is 0 Å². The fourth-order valence-electron chi connectivity index (χ4n) is 2.78. The monoisotopic (exact) mass is 406 g/mol. The number of aliphatic imine (C=N–C) groups is 2. The van der Waals surface area contributed by atoms with Gasteiger partial charge in [-0.15, -0.1) is 11.8 Å². The van der Waals surface area contributed by atoms with Crippen LogP contribution in [0.4, 0.5) is 0 Å². The van der Waals surface area contributed by atoms with Gasteiger partial charge in [-0.05, 0) is 18.8 Å². The van der Waals surface area contributed by atoms with Crippen molar-refractivity contribution in [2.75, 3.05) is 18.8 Å². The van der Waals surface area contributed by atoms with Crippen LogP contribution in [0.5, 0.6) is 0 Å². The Morgan fingerprint density at radius 1 is 1.58 bits per heavy atom. The second-order valence-corrected chi connectivity index (χ2v) is 7.93. The second-order valence-electron chi connectivity index (χ2n) is 5.19. The Labute approximate surface area is 134 Å². The molecule has 0 bridgehead atoms. The molecular formula is C12H16Br2N4S. The van der Waals surface area contributed by atoms with E-state index in [1.54, 1.807) is 0 Å². The van der Waals surface area contributed by atoms with Crippen LogP contribution >= 0.6 is 43.6 Å². The van der Waals surface area contributed by atoms with E-state index in [0.717, 1.165) is 31.1 Å². The molecule has 0 saturated carbocycles. The van der Waals surface area contributed by atoms with E-state index in [1.807, 2.05) is 16.7 Å². The van der Waals surface area contributed by atoms with Crippen molar-refractivity contribution in [3.05, 3.63) is 9.89 Å². The first-order chi connectivity index (χ1) is 9.04. The van der Waals surface area contributed by atoms with Crippen LogP contribution in [0.2, 0.25) is 0 Å². The third-order valence-electron chi connectivity index (χ3n) is 3.96. The molecule has 4 nitrogen and oxygen atoms in total. The Kier molecular flexibility index (Phi) is 3.73. The van der Waals surface area contributed by atoms with Crippen molar-refractivity contribution in [1.29, 1.82) is 0 Å². The van der Waals surface area contributed by atoms with Crippen molar-refractivity contribution in [2.45, 2.75) is 23.7 Å². The Balaban J connectivity index is 2.02. The van der Waals surface area contributed by atoms with Crippen LogP contribution in [0.15, 0.2) is 19.9 Å². The Morgan fingerprint density at radius 3 is 3.05 bits per heavy atom. The second kappa shape index (κ2) is 5.07. The van der Waals surface area contributed by atoms with Gasteiger partial charge in [0.2, 0.25) is 0 Å². The van der Waals surface area contributed by atoms with E-state index in [4.69, 9.17) is 10.7 Å². The lowest BCUT2D eigenvalue weighted by Crippen LogP contribution is -2.61. The summed E-state index contributed by atoms with van der Waals surface area (Å²) >= 11 is 9.31. The molecule has 3 heterocycles. The molecule has 0 aromatic heterocycles. The number of nitrogens with zero attached hydrogens (tertiary/aromatic N) is 3. The molecule has 2 N–H and O–H groups in total. The van der Waals surface area contributed by atoms with Crippen LogP contribution in [0, 0.1) is 5.92 Å². The van der Waals surface area contributed by atoms with Gasteiger partial charge in [0.05, 0.1) is 10.4 Å². The molecule has 0 amide bonds. The zero-order valence-corrected chi connectivity index (χ0v) is 14.6. The van der Waals surface area contributed by atoms with E-state index in [9.17, 15) is 0 Å². The Morgan fingerprint density at radius 2 is 2.37 bits per heavy atom. The van der Waals surface area contributed by atoms with E-state index in [2.05, 4.69) is 49.2 Å². The zero-order valence-electron chi connectivity index (χ0n) is 10.6. The number of thioether (sulfide) groups is 1. The number of fused-ring (bicyclic) bond motifs is 1. The first-order valence-corrected chi connectivity index (χ1v) is 9.08. The summed E-state index contributed by atoms with van der Waals surface area (Å²) in [4.78, 5) is 11.6. The van der Waals surface area contributed by atoms with Gasteiger partial charge in [-0.1, -0.05) is 31.9 Å². The number of rotatable bonds is 1. The van der Waals surface area contributed by atoms with E-state index in [1.165, 1.54) is 4.48 Å². The Bertz CT molecular complexity index is 490. The van der Waals surface area contributed by atoms with Gasteiger partial charge in [-0.3, -0.25) is 9.89 Å². The summed E-state index contributed by atoms with van der Waals surface area (Å²) in [6, 6.07) is 0. The maximum Gasteiger partial charge on any atom is 0.197 e. The van der Waals surface area contributed by atoms with Gasteiger partial charge in [0.25, 0.3) is 0 Å². The van der Waals surface area contributed by atoms with Crippen LogP contribution in [0.25, 0.3) is 0 Å². The molecule has 0 spiro atoms. The van der Waals surface area contributed by atoms with Crippen molar-refractivity contribution in [3.8, 4) is 0 Å². The fraction of sp³-hybridized carbons (Fsp3) is 0.667. The summed E-state index contributed by atoms with van der Waals surface area (Å²) in [6.07, 6.45) is 1.04. The van der Waals surface area contributed by atoms with Crippen LogP contribution in [0.1, 0.15) is 13.3 Å². The maximum absolute atomic E-state index is 6.17. The third kappa shape index (κ3) is 2.17. The lowest BCUT2D eigenvalue weighted by Gasteiger charge is -2.45. The summed E-state index contributed by atoms with van der Waals surface area (Å²) in [5.74, 6) is 3.02. The highest BCUT2D eigenvalue weighted by Gasteiger charge is 2.50. The molecule has 0 radical (unpaired) electrons. The molecule has 2 unspecified atom stereocenters. The molecule has 0 saturated heterocycles. The quantitative estimate of drug-likeness (QED) is 0.679. The van der Waals surface area contributed by atoms with Crippen molar-refractivity contribution in [2.24, 2.45) is 21.6 Å². The molecule has 7 heteroatoms. The number of alkyl halides is 1. The Hall–Kier alpha value is -0.0100. The molecule has 3 atom stereocenters. The summed E-state index contributed by atoms with van der Waals surface area (Å²) < 4.78 is 1.21. The molecule has 0 aliphatic carbocycles. The zero-order chi connectivity index (χ0) is 13.6. The van der Waals surface area contributed by atoms with Gasteiger partial charge in [-0.25, -0.2) is 4.99 Å². The number of hydrogen-bond donors (Lipinski definition) is 1. The highest BCUT2D eigenvalue weighted by molar-refractivity contribution is 9.11. The summed E-state index contributed by atoms with van der Waals surface area (Å²) in [5, 5.41) is 2.16. The van der Waals surface area contributed by atoms with E-state index in [0.29, 0.717) is 11.9 Å². The number of nitrogens with two attached hydrogens (primary N) is 1. The SMILES string of the molecule is C[C@]1(C2CSC=C2Br)N=C(N)N2CCCN=C2C1Br. The first kappa shape index (κ1) is 13.9. The smallest absolute Gasteiger partial charge is 0.197 e. The fourth-order valence-corrected chi connectivity index (χ4v) is 5.96. The summed E-state index contributed by atoms with van der Waals surface area (Å²) in [7, 11) is 0. The molecule has 3 aliphatic heterocycles. The van der Waals surface area contributed by atoms with Gasteiger partial charge in [-0.2, -0.15) is 0 Å². The number of guanidine groups is 1. The number of halogens is 2. The van der Waals surface area contributed by atoms with E-state index < -0.39 is 0 Å². The lowest BCUT2D eigenvalue weighted by molar-refractivity contribution is 0.362. The molecular weight excluding hydrogens is 392 g/mol. The van der Waals surface area contributed by atoms with Crippen LogP contribution in [-0.4, -0.2) is 45.9 Å². The predicted molar refractivity (Wildman–Crippen MR) is 89.3 cm³/mol. The minimum absolute atomic E-state index is 0.109. The predicted octanol–water partition coefficient (Wildman–Crippen LogP) is 2.54. The average Bonchev–Trinajstić information content (AvgIpc) is 2.83. The largest absolute Gasteiger partial charge is 0.369 e. The van der Waals surface area contributed by atoms with E-state index in [-0.39, 0.29) is 10.4 Å². The molecule has 104 valence electrons. The minimum atomic E-state index is -0.282. The third-order valence-corrected chi connectivity index (χ3v) is 7.33. The summed E-state index contributed by atoms with van der Waals surface area (Å²) in [5.41, 5.74) is 5.89. The van der Waals surface area contributed by atoms with Crippen LogP contribution < -0.4 is 5.73 Å². The molecule has 0 aromatic carbocycles. The standard InChI is InChI=1S/C12H16Br2N4S/c1-12(7-5-19-6-8(7)13)9(14)10-16-3-2-4-18(10)11(15)17-12/h6-7,9H,2-5H2,1H3,(H2,15,17)/t7?,9?,12-/m1/s1. The minimum Gasteiger partial charge on any atom is -0.369 e. The van der Waals surface area contributed by atoms with Gasteiger partial charge < -0.3 is 5.73 Å². The van der Waals surface area contributed by atoms with Crippen molar-refractivity contribution in [1.82, 2.24) is 4.90 Å². The molecule has 3 rings (SSSR count). The van der Waals surface area contributed by atoms with Crippen LogP contribution in [0.3, 0.4) is 0 Å². The van der Waals surface area contributed by atoms with Crippen molar-refractivity contribution in [3.63, 3.8) is 0 Å². The summed E-state index contributed by atoms with van der Waals surface area (Å²) in [6.45, 7) is 3.97. The van der Waals surface area contributed by atoms with Crippen molar-refractivity contribution < 1.29 is 0 Å². The van der Waals surface area contributed by atoms with Crippen molar-refractivity contribution >= 4 is 55.4 Å². The molecule has 3 aliphatic rings. The van der Waals surface area contributed by atoms with Gasteiger partial charge in [0.1, 0.15) is 5.84 Å². The first-order valence-electron chi connectivity index (χ1n) is 6.32. The molecule has 0 aromatic rings. The highest BCUT2D eigenvalue weighted by atomic mass is 79.9. The average molecular weight is 408 g/mol. The molecule has 0 fully saturated rings. The maximum atomic E-state index is 6.17. The number of amidine groups is 1. The van der Waals surface area contributed by atoms with Gasteiger partial charge in [0.15, 0.2) is 5.96 Å². The molecule has 19 heavy (non-hydrogen) atoms. The normalized spacial score (nSPS) is 38.5. The highest BCUT2D eigenvalue weighted by Crippen LogP contribution is 2.46. The van der Waals surface area contributed by atoms with E-state index >= 15 is 0 Å². The van der Waals surface area contributed by atoms with Gasteiger partial charge in [0, 0.05) is 29.2 Å². The van der Waals surface area contributed by atoms with Gasteiger partial charge >= 0.3 is 0 Å². The lowest BCUT2D eigenvalue weighted by atomic mass is 9.82. The topological polar surface area (TPSA) is 54.0 Å².